The highest BCUT2D eigenvalue weighted by atomic mass is 15.1. The molecule has 0 amide bonds. The highest BCUT2D eigenvalue weighted by Gasteiger charge is 2.35. The molecule has 0 aliphatic heterocycles. The molecule has 0 fully saturated rings. The van der Waals surface area contributed by atoms with Crippen molar-refractivity contribution < 1.29 is 0 Å². The van der Waals surface area contributed by atoms with Gasteiger partial charge in [0, 0.05) is 22.5 Å². The third-order valence-corrected chi connectivity index (χ3v) is 14.6. The molecule has 68 heavy (non-hydrogen) atoms. The fraction of sp³-hybridized carbons (Fsp3) is 0.0448. The minimum atomic E-state index is -0.0907. The Balaban J connectivity index is 0.976. The van der Waals surface area contributed by atoms with Crippen LogP contribution in [-0.4, -0.2) is 0 Å². The fourth-order valence-electron chi connectivity index (χ4n) is 11.3. The van der Waals surface area contributed by atoms with Crippen LogP contribution < -0.4 is 4.90 Å². The molecule has 0 atom stereocenters. The zero-order valence-electron chi connectivity index (χ0n) is 38.1. The molecule has 320 valence electrons. The zero-order valence-corrected chi connectivity index (χ0v) is 38.1. The predicted octanol–water partition coefficient (Wildman–Crippen LogP) is 18.7. The summed E-state index contributed by atoms with van der Waals surface area (Å²) in [5.41, 5.74) is 18.5. The molecule has 0 radical (unpaired) electrons. The Bertz CT molecular complexity index is 3910. The Morgan fingerprint density at radius 1 is 0.279 bits per heavy atom. The highest BCUT2D eigenvalue weighted by molar-refractivity contribution is 6.33. The van der Waals surface area contributed by atoms with Crippen molar-refractivity contribution in [3.63, 3.8) is 0 Å². The number of fused-ring (bicyclic) bond motifs is 10. The van der Waals surface area contributed by atoms with Crippen molar-refractivity contribution >= 4 is 60.2 Å². The molecule has 0 aromatic heterocycles. The molecule has 0 heterocycles. The average molecular weight is 866 g/mol. The van der Waals surface area contributed by atoms with Gasteiger partial charge in [0.2, 0.25) is 0 Å². The van der Waals surface area contributed by atoms with Crippen LogP contribution in [0.2, 0.25) is 0 Å². The summed E-state index contributed by atoms with van der Waals surface area (Å²) in [6, 6.07) is 92.0. The average Bonchev–Trinajstić information content (AvgIpc) is 3.63. The largest absolute Gasteiger partial charge is 0.310 e. The molecule has 1 aliphatic carbocycles. The van der Waals surface area contributed by atoms with E-state index in [2.05, 4.69) is 267 Å². The second kappa shape index (κ2) is 15.8. The van der Waals surface area contributed by atoms with E-state index in [0.29, 0.717) is 0 Å². The van der Waals surface area contributed by atoms with Gasteiger partial charge in [-0.2, -0.15) is 0 Å². The number of hydrogen-bond acceptors (Lipinski definition) is 1. The second-order valence-electron chi connectivity index (χ2n) is 18.8. The van der Waals surface area contributed by atoms with Gasteiger partial charge in [-0.1, -0.05) is 208 Å². The van der Waals surface area contributed by atoms with E-state index >= 15 is 0 Å². The monoisotopic (exact) mass is 865 g/mol. The normalized spacial score (nSPS) is 12.7. The number of nitrogens with zero attached hydrogens (tertiary/aromatic N) is 1. The molecule has 0 bridgehead atoms. The maximum atomic E-state index is 2.44. The van der Waals surface area contributed by atoms with E-state index in [1.807, 2.05) is 0 Å². The van der Waals surface area contributed by atoms with Gasteiger partial charge in [0.15, 0.2) is 0 Å². The quantitative estimate of drug-likeness (QED) is 0.144. The molecule has 12 aromatic carbocycles. The first-order valence-electron chi connectivity index (χ1n) is 23.7. The Morgan fingerprint density at radius 3 is 1.56 bits per heavy atom. The van der Waals surface area contributed by atoms with Crippen molar-refractivity contribution in [3.05, 3.63) is 260 Å². The van der Waals surface area contributed by atoms with E-state index in [1.54, 1.807) is 0 Å². The molecule has 1 heteroatoms. The fourth-order valence-corrected chi connectivity index (χ4v) is 11.3. The molecular formula is C67H47N. The van der Waals surface area contributed by atoms with Crippen LogP contribution in [0.15, 0.2) is 249 Å². The predicted molar refractivity (Wildman–Crippen MR) is 290 cm³/mol. The molecule has 0 saturated carbocycles. The molecule has 0 saturated heterocycles. The van der Waals surface area contributed by atoms with Gasteiger partial charge in [-0.15, -0.1) is 0 Å². The van der Waals surface area contributed by atoms with E-state index < -0.39 is 0 Å². The van der Waals surface area contributed by atoms with E-state index in [-0.39, 0.29) is 5.41 Å². The lowest BCUT2D eigenvalue weighted by Gasteiger charge is -2.28. The Labute approximate surface area is 397 Å². The van der Waals surface area contributed by atoms with Crippen LogP contribution in [-0.2, 0) is 5.41 Å². The first kappa shape index (κ1) is 39.8. The first-order chi connectivity index (χ1) is 33.5. The molecule has 13 rings (SSSR count). The number of para-hydroxylation sites is 1. The lowest BCUT2D eigenvalue weighted by atomic mass is 9.81. The highest BCUT2D eigenvalue weighted by Crippen LogP contribution is 2.52. The van der Waals surface area contributed by atoms with Crippen molar-refractivity contribution in [1.82, 2.24) is 0 Å². The van der Waals surface area contributed by atoms with Gasteiger partial charge < -0.3 is 4.90 Å². The first-order valence-corrected chi connectivity index (χ1v) is 23.7. The van der Waals surface area contributed by atoms with E-state index in [1.165, 1.54) is 110 Å². The van der Waals surface area contributed by atoms with Crippen LogP contribution in [0.1, 0.15) is 25.0 Å². The van der Waals surface area contributed by atoms with Crippen molar-refractivity contribution in [2.24, 2.45) is 0 Å². The van der Waals surface area contributed by atoms with Gasteiger partial charge >= 0.3 is 0 Å². The molecule has 12 aromatic rings. The lowest BCUT2D eigenvalue weighted by Crippen LogP contribution is -2.16. The molecule has 0 spiro atoms. The third-order valence-electron chi connectivity index (χ3n) is 14.6. The van der Waals surface area contributed by atoms with Crippen LogP contribution in [0.25, 0.3) is 98.7 Å². The van der Waals surface area contributed by atoms with Crippen molar-refractivity contribution in [2.75, 3.05) is 4.90 Å². The summed E-state index contributed by atoms with van der Waals surface area (Å²) in [6.07, 6.45) is 0. The SMILES string of the molecule is CC1(C)c2ccccc2-c2ccc(N(c3ccccc3)c3ccc4cc(-c5ccc6c(c5)c5ccccc5c5c(-c7ccccc7)cc(-c7ccccc7)c(-c7ccccc7)c65)ccc4c3)cc21. The lowest BCUT2D eigenvalue weighted by molar-refractivity contribution is 0.660. The van der Waals surface area contributed by atoms with Gasteiger partial charge in [-0.25, -0.2) is 0 Å². The Kier molecular flexibility index (Phi) is 9.27. The van der Waals surface area contributed by atoms with Gasteiger partial charge in [0.05, 0.1) is 0 Å². The van der Waals surface area contributed by atoms with Gasteiger partial charge in [0.1, 0.15) is 0 Å². The second-order valence-corrected chi connectivity index (χ2v) is 18.8. The molecule has 0 N–H and O–H groups in total. The van der Waals surface area contributed by atoms with E-state index in [9.17, 15) is 0 Å². The van der Waals surface area contributed by atoms with Crippen LogP contribution in [0, 0.1) is 0 Å². The maximum absolute atomic E-state index is 2.44. The van der Waals surface area contributed by atoms with Gasteiger partial charge in [0.25, 0.3) is 0 Å². The smallest absolute Gasteiger partial charge is 0.0468 e. The summed E-state index contributed by atoms with van der Waals surface area (Å²) >= 11 is 0. The van der Waals surface area contributed by atoms with Crippen molar-refractivity contribution in [1.29, 1.82) is 0 Å². The van der Waals surface area contributed by atoms with Crippen LogP contribution >= 0.6 is 0 Å². The summed E-state index contributed by atoms with van der Waals surface area (Å²) in [6.45, 7) is 4.71. The molecular weight excluding hydrogens is 819 g/mol. The van der Waals surface area contributed by atoms with Crippen molar-refractivity contribution in [2.45, 2.75) is 19.3 Å². The van der Waals surface area contributed by atoms with E-state index in [4.69, 9.17) is 0 Å². The van der Waals surface area contributed by atoms with Gasteiger partial charge in [-0.3, -0.25) is 0 Å². The minimum Gasteiger partial charge on any atom is -0.310 e. The third kappa shape index (κ3) is 6.38. The number of hydrogen-bond donors (Lipinski definition) is 0. The number of anilines is 3. The van der Waals surface area contributed by atoms with Gasteiger partial charge in [-0.05, 0) is 164 Å². The van der Waals surface area contributed by atoms with Crippen LogP contribution in [0.3, 0.4) is 0 Å². The Hall–Kier alpha value is -8.52. The molecule has 0 unspecified atom stereocenters. The topological polar surface area (TPSA) is 3.24 Å². The van der Waals surface area contributed by atoms with E-state index in [0.717, 1.165) is 17.1 Å². The maximum Gasteiger partial charge on any atom is 0.0468 e. The summed E-state index contributed by atoms with van der Waals surface area (Å²) in [7, 11) is 0. The number of benzene rings is 12. The summed E-state index contributed by atoms with van der Waals surface area (Å²) in [5, 5.41) is 9.99. The molecule has 1 nitrogen and oxygen atoms in total. The summed E-state index contributed by atoms with van der Waals surface area (Å²) in [5.74, 6) is 0. The molecule has 1 aliphatic rings. The van der Waals surface area contributed by atoms with Crippen LogP contribution in [0.4, 0.5) is 17.1 Å². The minimum absolute atomic E-state index is 0.0907. The Morgan fingerprint density at radius 2 is 0.809 bits per heavy atom. The number of rotatable bonds is 7. The van der Waals surface area contributed by atoms with Crippen molar-refractivity contribution in [3.8, 4) is 55.6 Å². The standard InChI is InChI=1S/C67H47N/c1-67(2)62-30-18-17-28-55(62)56-38-36-53(42-63(56)67)68(51-25-13-6-14-26-51)52-35-33-48-39-47(31-32-49(48)40-52)50-34-37-58-61(41-50)54-27-15-16-29-57(54)65-60(45-21-9-4-10-22-45)43-59(44-19-7-3-8-20-44)64(66(58)65)46-23-11-5-12-24-46/h3-43H,1-2H3. The summed E-state index contributed by atoms with van der Waals surface area (Å²) < 4.78 is 0. The summed E-state index contributed by atoms with van der Waals surface area (Å²) in [4.78, 5) is 2.40. The zero-order chi connectivity index (χ0) is 45.3. The van der Waals surface area contributed by atoms with Crippen LogP contribution in [0.5, 0.6) is 0 Å².